The fraction of sp³-hybridized carbons (Fsp3) is 0.400. The van der Waals surface area contributed by atoms with E-state index in [4.69, 9.17) is 0 Å². The van der Waals surface area contributed by atoms with Crippen molar-refractivity contribution >= 4 is 6.03 Å². The Morgan fingerprint density at radius 1 is 1.33 bits per heavy atom. The summed E-state index contributed by atoms with van der Waals surface area (Å²) in [6.07, 6.45) is 5.30. The Kier molecular flexibility index (Phi) is 4.14. The van der Waals surface area contributed by atoms with Gasteiger partial charge in [-0.1, -0.05) is 35.5 Å². The van der Waals surface area contributed by atoms with Gasteiger partial charge in [0.05, 0.1) is 12.2 Å². The van der Waals surface area contributed by atoms with Crippen molar-refractivity contribution in [3.8, 4) is 0 Å². The number of carbonyl (C=O) groups excluding carboxylic acids is 1. The smallest absolute Gasteiger partial charge is 0.317 e. The molecule has 1 atom stereocenters. The highest BCUT2D eigenvalue weighted by atomic mass is 16.2. The van der Waals surface area contributed by atoms with E-state index in [0.29, 0.717) is 13.1 Å². The second kappa shape index (κ2) is 6.39. The van der Waals surface area contributed by atoms with Crippen molar-refractivity contribution in [3.63, 3.8) is 0 Å². The minimum atomic E-state index is 0.00791. The third kappa shape index (κ3) is 3.39. The van der Waals surface area contributed by atoms with Crippen LogP contribution in [0.15, 0.2) is 42.7 Å². The highest BCUT2D eigenvalue weighted by Crippen LogP contribution is 2.19. The quantitative estimate of drug-likeness (QED) is 0.925. The summed E-state index contributed by atoms with van der Waals surface area (Å²) in [6.45, 7) is 2.12. The summed E-state index contributed by atoms with van der Waals surface area (Å²) in [5.41, 5.74) is 1.24. The Bertz CT molecular complexity index is 569. The first-order chi connectivity index (χ1) is 10.3. The van der Waals surface area contributed by atoms with Crippen LogP contribution >= 0.6 is 0 Å². The summed E-state index contributed by atoms with van der Waals surface area (Å²) in [7, 11) is 0. The van der Waals surface area contributed by atoms with Crippen molar-refractivity contribution in [2.45, 2.75) is 18.9 Å². The summed E-state index contributed by atoms with van der Waals surface area (Å²) in [5, 5.41) is 10.8. The molecule has 1 saturated heterocycles. The zero-order valence-corrected chi connectivity index (χ0v) is 11.9. The number of aromatic nitrogens is 3. The summed E-state index contributed by atoms with van der Waals surface area (Å²) in [6, 6.07) is 10.4. The molecule has 2 aromatic rings. The minimum absolute atomic E-state index is 0.00791. The van der Waals surface area contributed by atoms with E-state index in [2.05, 4.69) is 27.8 Å². The van der Waals surface area contributed by atoms with Gasteiger partial charge in [0.1, 0.15) is 0 Å². The Morgan fingerprint density at radius 2 is 2.19 bits per heavy atom. The Balaban J connectivity index is 1.44. The molecular weight excluding hydrogens is 266 g/mol. The molecule has 2 amide bonds. The Labute approximate surface area is 123 Å². The maximum Gasteiger partial charge on any atom is 0.317 e. The average molecular weight is 285 g/mol. The highest BCUT2D eigenvalue weighted by molar-refractivity contribution is 5.74. The van der Waals surface area contributed by atoms with E-state index >= 15 is 0 Å². The maximum absolute atomic E-state index is 12.1. The molecule has 0 aliphatic carbocycles. The van der Waals surface area contributed by atoms with Crippen LogP contribution in [0.1, 0.15) is 18.0 Å². The first kappa shape index (κ1) is 13.6. The summed E-state index contributed by atoms with van der Waals surface area (Å²) < 4.78 is 1.83. The third-order valence-corrected chi connectivity index (χ3v) is 3.80. The molecule has 0 radical (unpaired) electrons. The van der Waals surface area contributed by atoms with Crippen molar-refractivity contribution in [1.82, 2.24) is 25.2 Å². The lowest BCUT2D eigenvalue weighted by Crippen LogP contribution is -2.39. The third-order valence-electron chi connectivity index (χ3n) is 3.80. The molecule has 1 N–H and O–H groups in total. The predicted molar refractivity (Wildman–Crippen MR) is 78.8 cm³/mol. The number of likely N-dealkylation sites (tertiary alicyclic amines) is 1. The number of urea groups is 1. The monoisotopic (exact) mass is 285 g/mol. The van der Waals surface area contributed by atoms with Crippen LogP contribution in [-0.4, -0.2) is 45.6 Å². The lowest BCUT2D eigenvalue weighted by Gasteiger charge is -2.17. The van der Waals surface area contributed by atoms with Gasteiger partial charge < -0.3 is 10.2 Å². The van der Waals surface area contributed by atoms with E-state index in [1.807, 2.05) is 34.0 Å². The molecule has 1 aromatic heterocycles. The standard InChI is InChI=1S/C15H19N5O/c21-15(16-8-6-13-4-2-1-3-5-13)19-10-7-14(12-19)20-11-9-17-18-20/h1-5,9,11,14H,6-8,10,12H2,(H,16,21). The number of hydrogen-bond donors (Lipinski definition) is 1. The molecule has 1 unspecified atom stereocenters. The van der Waals surface area contributed by atoms with Gasteiger partial charge in [0.15, 0.2) is 0 Å². The molecule has 110 valence electrons. The van der Waals surface area contributed by atoms with Crippen molar-refractivity contribution in [1.29, 1.82) is 0 Å². The van der Waals surface area contributed by atoms with E-state index in [0.717, 1.165) is 19.4 Å². The van der Waals surface area contributed by atoms with Crippen molar-refractivity contribution in [2.75, 3.05) is 19.6 Å². The molecule has 21 heavy (non-hydrogen) atoms. The van der Waals surface area contributed by atoms with Crippen molar-refractivity contribution < 1.29 is 4.79 Å². The molecule has 1 fully saturated rings. The number of benzene rings is 1. The lowest BCUT2D eigenvalue weighted by molar-refractivity contribution is 0.207. The first-order valence-electron chi connectivity index (χ1n) is 7.25. The molecule has 1 aliphatic rings. The minimum Gasteiger partial charge on any atom is -0.338 e. The zero-order valence-electron chi connectivity index (χ0n) is 11.9. The lowest BCUT2D eigenvalue weighted by atomic mass is 10.1. The number of carbonyl (C=O) groups is 1. The van der Waals surface area contributed by atoms with Crippen molar-refractivity contribution in [2.24, 2.45) is 0 Å². The summed E-state index contributed by atoms with van der Waals surface area (Å²) in [5.74, 6) is 0. The highest BCUT2D eigenvalue weighted by Gasteiger charge is 2.27. The normalized spacial score (nSPS) is 17.9. The SMILES string of the molecule is O=C(NCCc1ccccc1)N1CCC(n2ccnn2)C1. The van der Waals surface area contributed by atoms with Crippen LogP contribution in [0, 0.1) is 0 Å². The number of hydrogen-bond acceptors (Lipinski definition) is 3. The van der Waals surface area contributed by atoms with Gasteiger partial charge in [0.25, 0.3) is 0 Å². The van der Waals surface area contributed by atoms with E-state index in [1.165, 1.54) is 5.56 Å². The van der Waals surface area contributed by atoms with Crippen LogP contribution in [0.4, 0.5) is 4.79 Å². The van der Waals surface area contributed by atoms with E-state index in [1.54, 1.807) is 6.20 Å². The van der Waals surface area contributed by atoms with Gasteiger partial charge >= 0.3 is 6.03 Å². The second-order valence-corrected chi connectivity index (χ2v) is 5.24. The molecule has 2 heterocycles. The van der Waals surface area contributed by atoms with Crippen LogP contribution in [0.3, 0.4) is 0 Å². The van der Waals surface area contributed by atoms with Gasteiger partial charge in [-0.2, -0.15) is 0 Å². The van der Waals surface area contributed by atoms with Gasteiger partial charge in [-0.3, -0.25) is 0 Å². The molecule has 1 aromatic carbocycles. The van der Waals surface area contributed by atoms with Gasteiger partial charge in [0.2, 0.25) is 0 Å². The van der Waals surface area contributed by atoms with E-state index in [-0.39, 0.29) is 12.1 Å². The summed E-state index contributed by atoms with van der Waals surface area (Å²) >= 11 is 0. The number of amides is 2. The summed E-state index contributed by atoms with van der Waals surface area (Å²) in [4.78, 5) is 14.0. The van der Waals surface area contributed by atoms with Crippen molar-refractivity contribution in [3.05, 3.63) is 48.3 Å². The van der Waals surface area contributed by atoms with Crippen LogP contribution in [-0.2, 0) is 6.42 Å². The number of rotatable bonds is 4. The fourth-order valence-electron chi connectivity index (χ4n) is 2.62. The second-order valence-electron chi connectivity index (χ2n) is 5.24. The molecule has 1 aliphatic heterocycles. The molecular formula is C15H19N5O. The predicted octanol–water partition coefficient (Wildman–Crippen LogP) is 1.48. The van der Waals surface area contributed by atoms with Gasteiger partial charge in [-0.15, -0.1) is 5.10 Å². The molecule has 6 nitrogen and oxygen atoms in total. The van der Waals surface area contributed by atoms with E-state index in [9.17, 15) is 4.79 Å². The first-order valence-corrected chi connectivity index (χ1v) is 7.25. The zero-order chi connectivity index (χ0) is 14.5. The fourth-order valence-corrected chi connectivity index (χ4v) is 2.62. The van der Waals surface area contributed by atoms with Gasteiger partial charge in [-0.25, -0.2) is 9.48 Å². The topological polar surface area (TPSA) is 63.1 Å². The van der Waals surface area contributed by atoms with Crippen LogP contribution in [0.5, 0.6) is 0 Å². The van der Waals surface area contributed by atoms with E-state index < -0.39 is 0 Å². The van der Waals surface area contributed by atoms with Crippen LogP contribution in [0.2, 0.25) is 0 Å². The maximum atomic E-state index is 12.1. The molecule has 3 rings (SSSR count). The van der Waals surface area contributed by atoms with Crippen LogP contribution in [0.25, 0.3) is 0 Å². The number of nitrogens with zero attached hydrogens (tertiary/aromatic N) is 4. The average Bonchev–Trinajstić information content (AvgIpc) is 3.19. The van der Waals surface area contributed by atoms with Gasteiger partial charge in [0, 0.05) is 25.8 Å². The largest absolute Gasteiger partial charge is 0.338 e. The Hall–Kier alpha value is -2.37. The molecule has 6 heteroatoms. The molecule has 0 spiro atoms. The molecule has 0 saturated carbocycles. The Morgan fingerprint density at radius 3 is 2.95 bits per heavy atom. The van der Waals surface area contributed by atoms with Gasteiger partial charge in [-0.05, 0) is 18.4 Å². The van der Waals surface area contributed by atoms with Crippen LogP contribution < -0.4 is 5.32 Å². The number of nitrogens with one attached hydrogen (secondary N) is 1. The molecule has 0 bridgehead atoms.